The van der Waals surface area contributed by atoms with Gasteiger partial charge in [0.1, 0.15) is 11.6 Å². The highest BCUT2D eigenvalue weighted by Crippen LogP contribution is 2.46. The lowest BCUT2D eigenvalue weighted by Gasteiger charge is -2.21. The van der Waals surface area contributed by atoms with Crippen molar-refractivity contribution >= 4 is 22.1 Å². The smallest absolute Gasteiger partial charge is 0.114 e. The van der Waals surface area contributed by atoms with E-state index in [1.807, 2.05) is 0 Å². The van der Waals surface area contributed by atoms with Gasteiger partial charge in [-0.3, -0.25) is 9.13 Å². The molecule has 0 unspecified atom stereocenters. The first-order valence-corrected chi connectivity index (χ1v) is 18.1. The summed E-state index contributed by atoms with van der Waals surface area (Å²) in [6.45, 7) is 4.34. The third kappa shape index (κ3) is 5.41. The van der Waals surface area contributed by atoms with Crippen LogP contribution in [0, 0.1) is 0 Å². The summed E-state index contributed by atoms with van der Waals surface area (Å²) >= 11 is 0. The quantitative estimate of drug-likeness (QED) is 0.161. The average Bonchev–Trinajstić information content (AvgIpc) is 3.80. The molecule has 0 saturated heterocycles. The third-order valence-electron chi connectivity index (χ3n) is 10.1. The van der Waals surface area contributed by atoms with Gasteiger partial charge < -0.3 is 0 Å². The zero-order valence-corrected chi connectivity index (χ0v) is 29.4. The Labute approximate surface area is 304 Å². The normalized spacial score (nSPS) is 11.4. The number of para-hydroxylation sites is 4. The van der Waals surface area contributed by atoms with Gasteiger partial charge in [0.25, 0.3) is 0 Å². The Morgan fingerprint density at radius 1 is 0.365 bits per heavy atom. The van der Waals surface area contributed by atoms with E-state index in [0.717, 1.165) is 69.1 Å². The van der Waals surface area contributed by atoms with Crippen LogP contribution in [0.4, 0.5) is 0 Å². The Morgan fingerprint density at radius 3 is 1.12 bits per heavy atom. The second-order valence-electron chi connectivity index (χ2n) is 13.1. The summed E-state index contributed by atoms with van der Waals surface area (Å²) in [4.78, 5) is 9.90. The lowest BCUT2D eigenvalue weighted by atomic mass is 9.83. The lowest BCUT2D eigenvalue weighted by molar-refractivity contribution is 0.908. The van der Waals surface area contributed by atoms with Crippen LogP contribution in [0.2, 0.25) is 0 Å². The maximum Gasteiger partial charge on any atom is 0.114 e. The summed E-state index contributed by atoms with van der Waals surface area (Å²) in [5.41, 5.74) is 16.0. The molecule has 0 aliphatic heterocycles. The van der Waals surface area contributed by atoms with Gasteiger partial charge >= 0.3 is 0 Å². The highest BCUT2D eigenvalue weighted by atomic mass is 15.1. The van der Waals surface area contributed by atoms with Gasteiger partial charge in [0.15, 0.2) is 0 Å². The Hall–Kier alpha value is -6.52. The number of hydrogen-bond donors (Lipinski definition) is 0. The van der Waals surface area contributed by atoms with Crippen molar-refractivity contribution < 1.29 is 0 Å². The number of rotatable bonds is 8. The molecule has 4 heteroatoms. The number of aryl methyl sites for hydroxylation is 2. The molecule has 250 valence electrons. The fraction of sp³-hybridized carbons (Fsp3) is 0.0833. The molecule has 0 amide bonds. The molecule has 9 rings (SSSR count). The zero-order valence-electron chi connectivity index (χ0n) is 29.4. The third-order valence-corrected chi connectivity index (χ3v) is 10.1. The largest absolute Gasteiger partial charge is 0.296 e. The molecule has 7 aromatic carbocycles. The van der Waals surface area contributed by atoms with Crippen LogP contribution in [0.5, 0.6) is 0 Å². The van der Waals surface area contributed by atoms with Crippen LogP contribution in [0.25, 0.3) is 77.9 Å². The van der Waals surface area contributed by atoms with Gasteiger partial charge in [-0.15, -0.1) is 0 Å². The van der Waals surface area contributed by atoms with Crippen molar-refractivity contribution in [2.45, 2.75) is 26.7 Å². The molecule has 0 atom stereocenters. The molecule has 0 radical (unpaired) electrons. The maximum absolute atomic E-state index is 4.95. The molecule has 0 aliphatic carbocycles. The SMILES string of the molecule is CCc1nc2ccccc2n1-c1ccc(-c2c(-c3ccccc3)ccc(-c3ccccc3)c2-c2ccc(-n3c(CC)nc4ccccc43)cc2)cc1. The number of fused-ring (bicyclic) bond motifs is 2. The van der Waals surface area contributed by atoms with Gasteiger partial charge in [-0.2, -0.15) is 0 Å². The van der Waals surface area contributed by atoms with Crippen LogP contribution in [0.1, 0.15) is 25.5 Å². The minimum atomic E-state index is 0.850. The van der Waals surface area contributed by atoms with E-state index in [0.29, 0.717) is 0 Å². The van der Waals surface area contributed by atoms with E-state index in [1.165, 1.54) is 33.4 Å². The van der Waals surface area contributed by atoms with Crippen molar-refractivity contribution in [2.75, 3.05) is 0 Å². The maximum atomic E-state index is 4.95. The highest BCUT2D eigenvalue weighted by molar-refractivity contribution is 6.02. The van der Waals surface area contributed by atoms with E-state index in [2.05, 4.69) is 193 Å². The van der Waals surface area contributed by atoms with Crippen LogP contribution in [0.3, 0.4) is 0 Å². The van der Waals surface area contributed by atoms with Crippen molar-refractivity contribution in [2.24, 2.45) is 0 Å². The second-order valence-corrected chi connectivity index (χ2v) is 13.1. The first-order chi connectivity index (χ1) is 25.7. The van der Waals surface area contributed by atoms with Gasteiger partial charge in [-0.1, -0.05) is 135 Å². The lowest BCUT2D eigenvalue weighted by Crippen LogP contribution is -2.01. The zero-order chi connectivity index (χ0) is 35.0. The number of hydrogen-bond acceptors (Lipinski definition) is 2. The molecular formula is C48H38N4. The summed E-state index contributed by atoms with van der Waals surface area (Å²) < 4.78 is 4.59. The molecule has 0 saturated carbocycles. The Morgan fingerprint density at radius 2 is 0.731 bits per heavy atom. The van der Waals surface area contributed by atoms with E-state index < -0.39 is 0 Å². The van der Waals surface area contributed by atoms with Crippen molar-refractivity contribution in [3.05, 3.63) is 182 Å². The number of nitrogens with zero attached hydrogens (tertiary/aromatic N) is 4. The fourth-order valence-corrected chi connectivity index (χ4v) is 7.68. The number of benzene rings is 7. The molecule has 0 aliphatic rings. The van der Waals surface area contributed by atoms with Crippen LogP contribution in [-0.4, -0.2) is 19.1 Å². The summed E-state index contributed by atoms with van der Waals surface area (Å²) in [5.74, 6) is 2.12. The summed E-state index contributed by atoms with van der Waals surface area (Å²) in [7, 11) is 0. The minimum Gasteiger partial charge on any atom is -0.296 e. The molecule has 0 fully saturated rings. The predicted octanol–water partition coefficient (Wildman–Crippen LogP) is 12.2. The van der Waals surface area contributed by atoms with E-state index in [4.69, 9.17) is 9.97 Å². The van der Waals surface area contributed by atoms with Crippen LogP contribution in [-0.2, 0) is 12.8 Å². The van der Waals surface area contributed by atoms with E-state index >= 15 is 0 Å². The number of imidazole rings is 2. The van der Waals surface area contributed by atoms with Crippen LogP contribution < -0.4 is 0 Å². The van der Waals surface area contributed by atoms with Crippen LogP contribution in [0.15, 0.2) is 170 Å². The standard InChI is InChI=1S/C48H38N4/c1-3-45-49-41-19-11-13-21-43(41)51(45)37-27-23-35(24-28-37)47-39(33-15-7-5-8-16-33)31-32-40(34-17-9-6-10-18-34)48(47)36-25-29-38(30-26-36)52-44-22-14-12-20-42(44)50-46(52)4-2/h5-32H,3-4H2,1-2H3. The molecule has 0 N–H and O–H groups in total. The average molecular weight is 671 g/mol. The van der Waals surface area contributed by atoms with Crippen molar-refractivity contribution in [3.63, 3.8) is 0 Å². The number of aromatic nitrogens is 4. The summed E-state index contributed by atoms with van der Waals surface area (Å²) in [5, 5.41) is 0. The molecule has 0 spiro atoms. The van der Waals surface area contributed by atoms with E-state index in [-0.39, 0.29) is 0 Å². The Bertz CT molecular complexity index is 2480. The van der Waals surface area contributed by atoms with Crippen molar-refractivity contribution in [1.82, 2.24) is 19.1 Å². The second kappa shape index (κ2) is 13.3. The molecule has 52 heavy (non-hydrogen) atoms. The van der Waals surface area contributed by atoms with E-state index in [9.17, 15) is 0 Å². The van der Waals surface area contributed by atoms with Gasteiger partial charge in [0, 0.05) is 24.2 Å². The van der Waals surface area contributed by atoms with Crippen molar-refractivity contribution in [1.29, 1.82) is 0 Å². The van der Waals surface area contributed by atoms with Crippen LogP contribution >= 0.6 is 0 Å². The first-order valence-electron chi connectivity index (χ1n) is 18.1. The molecular weight excluding hydrogens is 633 g/mol. The van der Waals surface area contributed by atoms with Crippen molar-refractivity contribution in [3.8, 4) is 55.9 Å². The predicted molar refractivity (Wildman–Crippen MR) is 216 cm³/mol. The van der Waals surface area contributed by atoms with Gasteiger partial charge in [0.2, 0.25) is 0 Å². The fourth-order valence-electron chi connectivity index (χ4n) is 7.68. The van der Waals surface area contributed by atoms with Gasteiger partial charge in [-0.05, 0) is 93.0 Å². The molecule has 2 heterocycles. The molecule has 9 aromatic rings. The topological polar surface area (TPSA) is 35.6 Å². The highest BCUT2D eigenvalue weighted by Gasteiger charge is 2.21. The first kappa shape index (κ1) is 31.5. The molecule has 2 aromatic heterocycles. The van der Waals surface area contributed by atoms with Gasteiger partial charge in [-0.25, -0.2) is 9.97 Å². The Kier molecular flexibility index (Phi) is 8.05. The Balaban J connectivity index is 1.27. The van der Waals surface area contributed by atoms with Gasteiger partial charge in [0.05, 0.1) is 22.1 Å². The molecule has 4 nitrogen and oxygen atoms in total. The monoisotopic (exact) mass is 670 g/mol. The summed E-state index contributed by atoms with van der Waals surface area (Å²) in [6.07, 6.45) is 1.70. The van der Waals surface area contributed by atoms with E-state index in [1.54, 1.807) is 0 Å². The summed E-state index contributed by atoms with van der Waals surface area (Å²) in [6, 6.07) is 61.0. The minimum absolute atomic E-state index is 0.850. The molecule has 0 bridgehead atoms.